The van der Waals surface area contributed by atoms with E-state index in [-0.39, 0.29) is 5.69 Å². The van der Waals surface area contributed by atoms with E-state index in [0.717, 1.165) is 14.0 Å². The molecular weight excluding hydrogens is 418 g/mol. The Hall–Kier alpha value is -3.36. The van der Waals surface area contributed by atoms with E-state index in [0.29, 0.717) is 5.56 Å². The molecule has 0 aliphatic carbocycles. The van der Waals surface area contributed by atoms with Crippen molar-refractivity contribution in [3.8, 4) is 0 Å². The van der Waals surface area contributed by atoms with E-state index in [9.17, 15) is 14.9 Å². The topological polar surface area (TPSA) is 84.6 Å². The van der Waals surface area contributed by atoms with E-state index in [1.807, 2.05) is 60.7 Å². The second-order valence-electron chi connectivity index (χ2n) is 5.88. The molecule has 1 amide bonds. The van der Waals surface area contributed by atoms with Crippen molar-refractivity contribution in [1.82, 2.24) is 5.43 Å². The van der Waals surface area contributed by atoms with Gasteiger partial charge in [-0.3, -0.25) is 14.9 Å². The fraction of sp³-hybridized carbons (Fsp3) is 0. The zero-order valence-corrected chi connectivity index (χ0v) is 17.3. The van der Waals surface area contributed by atoms with Gasteiger partial charge in [-0.05, 0) is 24.3 Å². The van der Waals surface area contributed by atoms with Crippen molar-refractivity contribution < 1.29 is 9.72 Å². The lowest BCUT2D eigenvalue weighted by Gasteiger charge is -2.07. The van der Waals surface area contributed by atoms with Gasteiger partial charge in [-0.15, -0.1) is 0 Å². The minimum absolute atomic E-state index is 0.0361. The van der Waals surface area contributed by atoms with Crippen molar-refractivity contribution in [3.63, 3.8) is 0 Å². The molecule has 3 aromatic rings. The van der Waals surface area contributed by atoms with Gasteiger partial charge in [0.2, 0.25) is 0 Å². The minimum atomic E-state index is -0.480. The first-order chi connectivity index (χ1) is 14.6. The van der Waals surface area contributed by atoms with Crippen LogP contribution in [0.5, 0.6) is 0 Å². The van der Waals surface area contributed by atoms with Crippen LogP contribution in [0.25, 0.3) is 0 Å². The number of amides is 1. The van der Waals surface area contributed by atoms with E-state index in [2.05, 4.69) is 10.5 Å². The zero-order valence-electron chi connectivity index (χ0n) is 15.7. The minimum Gasteiger partial charge on any atom is -0.268 e. The molecule has 0 aliphatic rings. The average Bonchev–Trinajstić information content (AvgIpc) is 2.75. The predicted octanol–water partition coefficient (Wildman–Crippen LogP) is 5.47. The SMILES string of the molecule is O=C(C=C(Sc1ccccc1)Sc1ccccc1)N/N=C\c1cccc([N+](=O)[O-])c1. The molecule has 6 nitrogen and oxygen atoms in total. The number of hydrogen-bond donors (Lipinski definition) is 1. The molecule has 0 aliphatic heterocycles. The molecule has 3 aromatic carbocycles. The predicted molar refractivity (Wildman–Crippen MR) is 122 cm³/mol. The standard InChI is InChI=1S/C22H17N3O3S2/c26-21(24-23-16-17-8-7-9-18(14-17)25(27)28)15-22(29-19-10-3-1-4-11-19)30-20-12-5-2-6-13-20/h1-16H,(H,24,26)/b23-16-. The van der Waals surface area contributed by atoms with Crippen molar-refractivity contribution in [1.29, 1.82) is 0 Å². The number of nitrogens with one attached hydrogen (secondary N) is 1. The monoisotopic (exact) mass is 435 g/mol. The third-order valence-electron chi connectivity index (χ3n) is 3.64. The van der Waals surface area contributed by atoms with Gasteiger partial charge >= 0.3 is 0 Å². The summed E-state index contributed by atoms with van der Waals surface area (Å²) in [5.74, 6) is -0.390. The number of hydrazone groups is 1. The summed E-state index contributed by atoms with van der Waals surface area (Å²) in [6.07, 6.45) is 2.85. The van der Waals surface area contributed by atoms with Crippen LogP contribution in [-0.2, 0) is 4.79 Å². The van der Waals surface area contributed by atoms with E-state index < -0.39 is 10.8 Å². The summed E-state index contributed by atoms with van der Waals surface area (Å²) < 4.78 is 0.787. The number of rotatable bonds is 8. The molecule has 0 spiro atoms. The van der Waals surface area contributed by atoms with Gasteiger partial charge < -0.3 is 0 Å². The first-order valence-electron chi connectivity index (χ1n) is 8.85. The second-order valence-corrected chi connectivity index (χ2v) is 8.37. The van der Waals surface area contributed by atoms with Crippen LogP contribution in [0.1, 0.15) is 5.56 Å². The highest BCUT2D eigenvalue weighted by atomic mass is 32.2. The fourth-order valence-corrected chi connectivity index (χ4v) is 4.44. The Morgan fingerprint density at radius 3 is 2.07 bits per heavy atom. The summed E-state index contributed by atoms with van der Waals surface area (Å²) >= 11 is 2.97. The van der Waals surface area contributed by atoms with Crippen LogP contribution in [-0.4, -0.2) is 17.0 Å². The summed E-state index contributed by atoms with van der Waals surface area (Å²) in [6, 6.07) is 25.5. The molecule has 0 atom stereocenters. The van der Waals surface area contributed by atoms with E-state index in [1.54, 1.807) is 12.1 Å². The summed E-state index contributed by atoms with van der Waals surface area (Å²) in [4.78, 5) is 24.7. The maximum Gasteiger partial charge on any atom is 0.270 e. The van der Waals surface area contributed by atoms with Crippen LogP contribution < -0.4 is 5.43 Å². The number of hydrogen-bond acceptors (Lipinski definition) is 6. The lowest BCUT2D eigenvalue weighted by Crippen LogP contribution is -2.14. The summed E-state index contributed by atoms with van der Waals surface area (Å²) in [5, 5.41) is 14.7. The zero-order chi connectivity index (χ0) is 21.2. The number of nitro groups is 1. The number of benzene rings is 3. The normalized spacial score (nSPS) is 10.5. The quantitative estimate of drug-likeness (QED) is 0.167. The third kappa shape index (κ3) is 6.91. The van der Waals surface area contributed by atoms with Crippen LogP contribution in [0.4, 0.5) is 5.69 Å². The molecule has 0 heterocycles. The number of carbonyl (C=O) groups is 1. The van der Waals surface area contributed by atoms with Crippen LogP contribution in [0.3, 0.4) is 0 Å². The Balaban J connectivity index is 1.70. The Morgan fingerprint density at radius 1 is 0.900 bits per heavy atom. The molecule has 8 heteroatoms. The fourth-order valence-electron chi connectivity index (χ4n) is 2.32. The van der Waals surface area contributed by atoms with Gasteiger partial charge in [0.15, 0.2) is 0 Å². The number of thioether (sulfide) groups is 2. The van der Waals surface area contributed by atoms with Crippen LogP contribution in [0, 0.1) is 10.1 Å². The van der Waals surface area contributed by atoms with Gasteiger partial charge in [0.05, 0.1) is 15.4 Å². The lowest BCUT2D eigenvalue weighted by atomic mass is 10.2. The highest BCUT2D eigenvalue weighted by Crippen LogP contribution is 2.38. The Kier molecular flexibility index (Phi) is 7.82. The van der Waals surface area contributed by atoms with E-state index in [1.165, 1.54) is 47.9 Å². The van der Waals surface area contributed by atoms with Gasteiger partial charge in [0, 0.05) is 33.6 Å². The Labute approximate surface area is 182 Å². The Bertz CT molecular complexity index is 1030. The lowest BCUT2D eigenvalue weighted by molar-refractivity contribution is -0.384. The number of nitro benzene ring substituents is 1. The highest BCUT2D eigenvalue weighted by molar-refractivity contribution is 8.22. The molecule has 0 bridgehead atoms. The van der Waals surface area contributed by atoms with E-state index in [4.69, 9.17) is 0 Å². The molecule has 0 unspecified atom stereocenters. The maximum atomic E-state index is 12.4. The third-order valence-corrected chi connectivity index (χ3v) is 5.80. The largest absolute Gasteiger partial charge is 0.270 e. The number of non-ortho nitro benzene ring substituents is 1. The molecule has 0 saturated heterocycles. The molecule has 150 valence electrons. The number of carbonyl (C=O) groups excluding carboxylic acids is 1. The summed E-state index contributed by atoms with van der Waals surface area (Å²) in [7, 11) is 0. The second kappa shape index (κ2) is 11.0. The smallest absolute Gasteiger partial charge is 0.268 e. The first kappa shape index (κ1) is 21.4. The molecule has 0 radical (unpaired) electrons. The molecule has 0 fully saturated rings. The molecule has 0 saturated carbocycles. The van der Waals surface area contributed by atoms with Gasteiger partial charge in [-0.25, -0.2) is 5.43 Å². The molecule has 1 N–H and O–H groups in total. The number of nitrogens with zero attached hydrogens (tertiary/aromatic N) is 2. The molecular formula is C22H17N3O3S2. The van der Waals surface area contributed by atoms with Gasteiger partial charge in [-0.1, -0.05) is 72.1 Å². The van der Waals surface area contributed by atoms with Crippen LogP contribution in [0.2, 0.25) is 0 Å². The van der Waals surface area contributed by atoms with Gasteiger partial charge in [0.1, 0.15) is 0 Å². The van der Waals surface area contributed by atoms with Crippen molar-refractivity contribution in [2.75, 3.05) is 0 Å². The highest BCUT2D eigenvalue weighted by Gasteiger charge is 2.07. The Morgan fingerprint density at radius 2 is 1.50 bits per heavy atom. The van der Waals surface area contributed by atoms with Crippen LogP contribution in [0.15, 0.2) is 110 Å². The van der Waals surface area contributed by atoms with E-state index >= 15 is 0 Å². The maximum absolute atomic E-state index is 12.4. The van der Waals surface area contributed by atoms with Crippen molar-refractivity contribution >= 4 is 41.3 Å². The molecule has 0 aromatic heterocycles. The summed E-state index contributed by atoms with van der Waals surface area (Å²) in [5.41, 5.74) is 2.92. The van der Waals surface area contributed by atoms with Gasteiger partial charge in [-0.2, -0.15) is 5.10 Å². The van der Waals surface area contributed by atoms with Crippen molar-refractivity contribution in [3.05, 3.63) is 111 Å². The van der Waals surface area contributed by atoms with Crippen molar-refractivity contribution in [2.45, 2.75) is 9.79 Å². The van der Waals surface area contributed by atoms with Crippen molar-refractivity contribution in [2.24, 2.45) is 5.10 Å². The van der Waals surface area contributed by atoms with Crippen LogP contribution >= 0.6 is 23.5 Å². The molecule has 3 rings (SSSR count). The van der Waals surface area contributed by atoms with Gasteiger partial charge in [0.25, 0.3) is 11.6 Å². The average molecular weight is 436 g/mol. The molecule has 30 heavy (non-hydrogen) atoms. The first-order valence-corrected chi connectivity index (χ1v) is 10.5. The summed E-state index contributed by atoms with van der Waals surface area (Å²) in [6.45, 7) is 0.